The van der Waals surface area contributed by atoms with E-state index in [1.807, 2.05) is 0 Å². The fraction of sp³-hybridized carbons (Fsp3) is 0.417. The first-order valence-electron chi connectivity index (χ1n) is 5.57. The lowest BCUT2D eigenvalue weighted by atomic mass is 10.2. The van der Waals surface area contributed by atoms with Gasteiger partial charge in [-0.2, -0.15) is 13.2 Å². The van der Waals surface area contributed by atoms with E-state index in [1.54, 1.807) is 20.0 Å². The molecule has 0 aliphatic rings. The molecule has 0 aliphatic heterocycles. The minimum atomic E-state index is -4.39. The third-order valence-electron chi connectivity index (χ3n) is 2.29. The van der Waals surface area contributed by atoms with Gasteiger partial charge in [-0.1, -0.05) is 6.07 Å². The number of carbonyl (C=O) groups excluding carboxylic acids is 1. The smallest absolute Gasteiger partial charge is 0.422 e. The van der Waals surface area contributed by atoms with Crippen molar-refractivity contribution in [3.8, 4) is 5.75 Å². The zero-order chi connectivity index (χ0) is 14.5. The van der Waals surface area contributed by atoms with E-state index in [9.17, 15) is 18.0 Å². The maximum absolute atomic E-state index is 12.1. The fourth-order valence-corrected chi connectivity index (χ4v) is 1.42. The number of hydrogen-bond donors (Lipinski definition) is 2. The molecular weight excluding hydrogens is 261 g/mol. The van der Waals surface area contributed by atoms with Gasteiger partial charge in [-0.25, -0.2) is 0 Å². The van der Waals surface area contributed by atoms with Gasteiger partial charge in [0.15, 0.2) is 6.61 Å². The molecule has 4 nitrogen and oxygen atoms in total. The summed E-state index contributed by atoms with van der Waals surface area (Å²) in [4.78, 5) is 11.4. The quantitative estimate of drug-likeness (QED) is 0.866. The Morgan fingerprint density at radius 3 is 2.63 bits per heavy atom. The molecule has 0 bridgehead atoms. The Bertz CT molecular complexity index is 447. The van der Waals surface area contributed by atoms with Gasteiger partial charge in [0.05, 0.1) is 6.54 Å². The molecule has 0 aliphatic carbocycles. The Kier molecular flexibility index (Phi) is 5.17. The van der Waals surface area contributed by atoms with Crippen LogP contribution in [0.15, 0.2) is 18.2 Å². The molecule has 106 valence electrons. The van der Waals surface area contributed by atoms with Gasteiger partial charge in [0.25, 0.3) is 0 Å². The van der Waals surface area contributed by atoms with Crippen LogP contribution in [0.4, 0.5) is 18.9 Å². The summed E-state index contributed by atoms with van der Waals surface area (Å²) >= 11 is 0. The normalized spacial score (nSPS) is 11.2. The molecule has 0 unspecified atom stereocenters. The third kappa shape index (κ3) is 5.17. The second-order valence-corrected chi connectivity index (χ2v) is 3.91. The van der Waals surface area contributed by atoms with E-state index in [2.05, 4.69) is 10.6 Å². The van der Waals surface area contributed by atoms with E-state index >= 15 is 0 Å². The molecule has 0 aromatic heterocycles. The van der Waals surface area contributed by atoms with Gasteiger partial charge in [-0.05, 0) is 26.1 Å². The van der Waals surface area contributed by atoms with E-state index in [0.717, 1.165) is 0 Å². The predicted octanol–water partition coefficient (Wildman–Crippen LogP) is 2.09. The molecule has 7 heteroatoms. The number of alkyl halides is 3. The topological polar surface area (TPSA) is 50.4 Å². The maximum atomic E-state index is 12.1. The average molecular weight is 276 g/mol. The van der Waals surface area contributed by atoms with Gasteiger partial charge in [0.2, 0.25) is 5.91 Å². The van der Waals surface area contributed by atoms with Crippen molar-refractivity contribution in [1.82, 2.24) is 5.32 Å². The van der Waals surface area contributed by atoms with Crippen molar-refractivity contribution in [2.75, 3.05) is 25.5 Å². The van der Waals surface area contributed by atoms with Crippen LogP contribution in [0.5, 0.6) is 5.75 Å². The van der Waals surface area contributed by atoms with E-state index in [1.165, 1.54) is 12.1 Å². The maximum Gasteiger partial charge on any atom is 0.422 e. The highest BCUT2D eigenvalue weighted by atomic mass is 19.4. The van der Waals surface area contributed by atoms with E-state index < -0.39 is 12.8 Å². The van der Waals surface area contributed by atoms with Gasteiger partial charge in [-0.3, -0.25) is 4.79 Å². The number of likely N-dealkylation sites (N-methyl/N-ethyl adjacent to an activating group) is 1. The highest BCUT2D eigenvalue weighted by Crippen LogP contribution is 2.27. The molecule has 0 heterocycles. The molecule has 1 aromatic rings. The largest absolute Gasteiger partial charge is 0.484 e. The van der Waals surface area contributed by atoms with Crippen LogP contribution in [0, 0.1) is 6.92 Å². The number of rotatable bonds is 5. The lowest BCUT2D eigenvalue weighted by Crippen LogP contribution is -2.25. The number of carbonyl (C=O) groups is 1. The number of anilines is 1. The van der Waals surface area contributed by atoms with Crippen molar-refractivity contribution < 1.29 is 22.7 Å². The van der Waals surface area contributed by atoms with E-state index in [0.29, 0.717) is 11.3 Å². The fourth-order valence-electron chi connectivity index (χ4n) is 1.42. The highest BCUT2D eigenvalue weighted by molar-refractivity contribution is 5.93. The minimum absolute atomic E-state index is 0.0968. The Hall–Kier alpha value is -1.76. The van der Waals surface area contributed by atoms with Crippen molar-refractivity contribution in [3.63, 3.8) is 0 Å². The minimum Gasteiger partial charge on any atom is -0.484 e. The lowest BCUT2D eigenvalue weighted by molar-refractivity contribution is -0.153. The number of benzene rings is 1. The number of halogens is 3. The van der Waals surface area contributed by atoms with E-state index in [4.69, 9.17) is 4.74 Å². The van der Waals surface area contributed by atoms with Crippen LogP contribution in [0.25, 0.3) is 0 Å². The summed E-state index contributed by atoms with van der Waals surface area (Å²) in [6.45, 7) is 0.343. The number of ether oxygens (including phenoxy) is 1. The Labute approximate surface area is 108 Å². The summed E-state index contributed by atoms with van der Waals surface area (Å²) < 4.78 is 40.9. The molecule has 1 amide bonds. The van der Waals surface area contributed by atoms with Crippen LogP contribution < -0.4 is 15.4 Å². The molecule has 1 rings (SSSR count). The average Bonchev–Trinajstić information content (AvgIpc) is 2.29. The summed E-state index contributed by atoms with van der Waals surface area (Å²) in [6, 6.07) is 4.55. The van der Waals surface area contributed by atoms with Crippen LogP contribution in [0.2, 0.25) is 0 Å². The number of nitrogens with one attached hydrogen (secondary N) is 2. The second-order valence-electron chi connectivity index (χ2n) is 3.91. The molecule has 2 N–H and O–H groups in total. The van der Waals surface area contributed by atoms with Crippen molar-refractivity contribution in [2.45, 2.75) is 13.1 Å². The molecule has 0 saturated heterocycles. The Balaban J connectivity index is 2.77. The van der Waals surface area contributed by atoms with Gasteiger partial charge in [0, 0.05) is 11.3 Å². The summed E-state index contributed by atoms with van der Waals surface area (Å²) in [6.07, 6.45) is -4.39. The first-order valence-corrected chi connectivity index (χ1v) is 5.57. The summed E-state index contributed by atoms with van der Waals surface area (Å²) in [5.74, 6) is -0.182. The first kappa shape index (κ1) is 15.3. The van der Waals surface area contributed by atoms with E-state index in [-0.39, 0.29) is 18.2 Å². The van der Waals surface area contributed by atoms with Crippen LogP contribution in [0.3, 0.4) is 0 Å². The van der Waals surface area contributed by atoms with Crippen molar-refractivity contribution in [2.24, 2.45) is 0 Å². The lowest BCUT2D eigenvalue weighted by Gasteiger charge is -2.14. The second kappa shape index (κ2) is 6.42. The first-order chi connectivity index (χ1) is 8.83. The van der Waals surface area contributed by atoms with Crippen molar-refractivity contribution >= 4 is 11.6 Å². The number of amides is 1. The van der Waals surface area contributed by atoms with Gasteiger partial charge in [0.1, 0.15) is 5.75 Å². The Morgan fingerprint density at radius 2 is 2.05 bits per heavy atom. The molecule has 19 heavy (non-hydrogen) atoms. The molecule has 0 atom stereocenters. The van der Waals surface area contributed by atoms with Crippen molar-refractivity contribution in [3.05, 3.63) is 23.8 Å². The molecule has 0 spiro atoms. The van der Waals surface area contributed by atoms with Crippen LogP contribution >= 0.6 is 0 Å². The molecule has 1 aromatic carbocycles. The third-order valence-corrected chi connectivity index (χ3v) is 2.29. The monoisotopic (exact) mass is 276 g/mol. The predicted molar refractivity (Wildman–Crippen MR) is 65.3 cm³/mol. The number of hydrogen-bond acceptors (Lipinski definition) is 3. The van der Waals surface area contributed by atoms with Crippen LogP contribution in [-0.4, -0.2) is 32.3 Å². The molecule has 0 radical (unpaired) electrons. The summed E-state index contributed by atoms with van der Waals surface area (Å²) in [5.41, 5.74) is 0.885. The van der Waals surface area contributed by atoms with Gasteiger partial charge in [-0.15, -0.1) is 0 Å². The molecule has 0 fully saturated rings. The van der Waals surface area contributed by atoms with Crippen molar-refractivity contribution in [1.29, 1.82) is 0 Å². The molecule has 0 saturated carbocycles. The summed E-state index contributed by atoms with van der Waals surface area (Å²) in [7, 11) is 1.62. The zero-order valence-corrected chi connectivity index (χ0v) is 10.6. The standard InChI is InChI=1S/C12H15F3N2O2/c1-8-9(17-11(18)6-16-2)4-3-5-10(8)19-7-12(13,14)15/h3-5,16H,6-7H2,1-2H3,(H,17,18). The van der Waals surface area contributed by atoms with Crippen LogP contribution in [-0.2, 0) is 4.79 Å². The molecular formula is C12H15F3N2O2. The SMILES string of the molecule is CNCC(=O)Nc1cccc(OCC(F)(F)F)c1C. The van der Waals surface area contributed by atoms with Crippen LogP contribution in [0.1, 0.15) is 5.56 Å². The zero-order valence-electron chi connectivity index (χ0n) is 10.6. The summed E-state index contributed by atoms with van der Waals surface area (Å²) in [5, 5.41) is 5.26. The highest BCUT2D eigenvalue weighted by Gasteiger charge is 2.28. The Morgan fingerprint density at radius 1 is 1.37 bits per heavy atom. The van der Waals surface area contributed by atoms with Gasteiger partial charge < -0.3 is 15.4 Å². The van der Waals surface area contributed by atoms with Gasteiger partial charge >= 0.3 is 6.18 Å².